The van der Waals surface area contributed by atoms with Crippen LogP contribution in [0.5, 0.6) is 0 Å². The molecule has 0 saturated heterocycles. The van der Waals surface area contributed by atoms with Crippen molar-refractivity contribution in [2.45, 2.75) is 33.2 Å². The molecule has 0 spiro atoms. The van der Waals surface area contributed by atoms with Gasteiger partial charge in [-0.25, -0.2) is 0 Å². The zero-order valence-corrected chi connectivity index (χ0v) is 12.7. The molecule has 21 heavy (non-hydrogen) atoms. The molecular weight excluding hydrogens is 342 g/mol. The minimum atomic E-state index is -0.833. The van der Waals surface area contributed by atoms with Crippen molar-refractivity contribution < 1.29 is 51.6 Å². The molecule has 127 valence electrons. The van der Waals surface area contributed by atoms with E-state index in [2.05, 4.69) is 0 Å². The Morgan fingerprint density at radius 1 is 0.952 bits per heavy atom. The van der Waals surface area contributed by atoms with Crippen molar-refractivity contribution in [3.8, 4) is 0 Å². The van der Waals surface area contributed by atoms with E-state index in [0.29, 0.717) is 13.0 Å². The van der Waals surface area contributed by atoms with E-state index in [1.165, 1.54) is 0 Å². The van der Waals surface area contributed by atoms with Crippen molar-refractivity contribution in [3.05, 3.63) is 0 Å². The number of nitrogens with two attached hydrogens (primary N) is 2. The fourth-order valence-electron chi connectivity index (χ4n) is 0.284. The molecule has 0 amide bonds. The van der Waals surface area contributed by atoms with Gasteiger partial charge in [0.25, 0.3) is 17.9 Å². The van der Waals surface area contributed by atoms with Crippen molar-refractivity contribution in [2.24, 2.45) is 11.5 Å². The van der Waals surface area contributed by atoms with Gasteiger partial charge >= 0.3 is 29.6 Å². The van der Waals surface area contributed by atoms with Crippen LogP contribution in [0.4, 0.5) is 0 Å². The summed E-state index contributed by atoms with van der Waals surface area (Å²) in [6.45, 7) is 3.85. The van der Waals surface area contributed by atoms with Gasteiger partial charge in [-0.1, -0.05) is 0 Å². The molecule has 0 saturated carbocycles. The zero-order chi connectivity index (χ0) is 16.4. The van der Waals surface area contributed by atoms with Crippen LogP contribution in [0.25, 0.3) is 0 Å². The van der Waals surface area contributed by atoms with Crippen molar-refractivity contribution >= 4 is 47.5 Å². The van der Waals surface area contributed by atoms with Gasteiger partial charge in [0.15, 0.2) is 0 Å². The molecule has 0 aliphatic rings. The summed E-state index contributed by atoms with van der Waals surface area (Å²) >= 11 is 0. The first-order valence-corrected chi connectivity index (χ1v) is 5.16. The SMILES string of the molecule is CC(=O)O.CC(=O)O.CC(=O)O.NCC(N)CCO.[Co].[NaH]. The van der Waals surface area contributed by atoms with Crippen molar-refractivity contribution in [1.29, 1.82) is 0 Å². The predicted molar refractivity (Wildman–Crippen MR) is 75.8 cm³/mol. The third-order valence-corrected chi connectivity index (χ3v) is 0.803. The molecule has 0 rings (SSSR count). The fourth-order valence-corrected chi connectivity index (χ4v) is 0.284. The number of aliphatic carboxylic acids is 3. The summed E-state index contributed by atoms with van der Waals surface area (Å²) in [6.07, 6.45) is 0.608. The normalized spacial score (nSPS) is 8.29. The van der Waals surface area contributed by atoms with Gasteiger partial charge in [0.1, 0.15) is 0 Å². The second-order valence-corrected chi connectivity index (χ2v) is 3.07. The number of aliphatic hydroxyl groups excluding tert-OH is 1. The fraction of sp³-hybridized carbons (Fsp3) is 0.700. The monoisotopic (exact) mass is 367 g/mol. The Morgan fingerprint density at radius 3 is 1.19 bits per heavy atom. The van der Waals surface area contributed by atoms with Crippen molar-refractivity contribution in [1.82, 2.24) is 0 Å². The van der Waals surface area contributed by atoms with Crippen LogP contribution in [0, 0.1) is 0 Å². The summed E-state index contributed by atoms with van der Waals surface area (Å²) in [7, 11) is 0. The zero-order valence-electron chi connectivity index (χ0n) is 11.7. The number of hydrogen-bond acceptors (Lipinski definition) is 6. The van der Waals surface area contributed by atoms with Crippen LogP contribution < -0.4 is 11.5 Å². The summed E-state index contributed by atoms with van der Waals surface area (Å²) < 4.78 is 0. The first-order valence-electron chi connectivity index (χ1n) is 5.16. The molecule has 0 aromatic heterocycles. The van der Waals surface area contributed by atoms with E-state index in [4.69, 9.17) is 46.3 Å². The predicted octanol–water partition coefficient (Wildman–Crippen LogP) is -1.72. The van der Waals surface area contributed by atoms with Crippen LogP contribution in [0.15, 0.2) is 0 Å². The summed E-state index contributed by atoms with van der Waals surface area (Å²) in [5.74, 6) is -2.50. The number of carboxylic acid groups (broad SMARTS) is 3. The summed E-state index contributed by atoms with van der Waals surface area (Å²) in [5, 5.41) is 30.5. The van der Waals surface area contributed by atoms with E-state index in [0.717, 1.165) is 20.8 Å². The molecular formula is C10H25CoN2NaO7. The molecule has 1 unspecified atom stereocenters. The van der Waals surface area contributed by atoms with Crippen molar-refractivity contribution in [3.63, 3.8) is 0 Å². The van der Waals surface area contributed by atoms with E-state index in [1.807, 2.05) is 0 Å². The number of rotatable bonds is 3. The van der Waals surface area contributed by atoms with Gasteiger partial charge in [0.2, 0.25) is 0 Å². The summed E-state index contributed by atoms with van der Waals surface area (Å²) in [5.41, 5.74) is 10.4. The molecule has 0 aliphatic heterocycles. The average Bonchev–Trinajstić information content (AvgIpc) is 2.15. The second-order valence-electron chi connectivity index (χ2n) is 3.07. The molecule has 0 aromatic rings. The van der Waals surface area contributed by atoms with Gasteiger partial charge in [0, 0.05) is 56.7 Å². The minimum absolute atomic E-state index is 0. The van der Waals surface area contributed by atoms with E-state index in [-0.39, 0.29) is 59.0 Å². The second kappa shape index (κ2) is 31.9. The summed E-state index contributed by atoms with van der Waals surface area (Å²) in [6, 6.07) is -0.0231. The Bertz CT molecular complexity index is 205. The number of carboxylic acids is 3. The molecule has 11 heteroatoms. The molecule has 0 aliphatic carbocycles. The molecule has 0 fully saturated rings. The van der Waals surface area contributed by atoms with Crippen LogP contribution in [-0.4, -0.2) is 87.1 Å². The third-order valence-electron chi connectivity index (χ3n) is 0.803. The van der Waals surface area contributed by atoms with Crippen LogP contribution in [-0.2, 0) is 31.2 Å². The number of carbonyl (C=O) groups is 3. The maximum absolute atomic E-state index is 9.00. The molecule has 0 heterocycles. The van der Waals surface area contributed by atoms with Gasteiger partial charge < -0.3 is 31.9 Å². The van der Waals surface area contributed by atoms with Gasteiger partial charge in [-0.3, -0.25) is 14.4 Å². The van der Waals surface area contributed by atoms with Gasteiger partial charge in [-0.2, -0.15) is 0 Å². The molecule has 0 bridgehead atoms. The standard InChI is InChI=1S/C4H12N2O.3C2H4O2.Co.Na.H/c5-3-4(6)1-2-7;3*1-2(3)4;;;/h4,7H,1-3,5-6H2;3*1H3,(H,3,4);;;. The summed E-state index contributed by atoms with van der Waals surface area (Å²) in [4.78, 5) is 27.0. The maximum atomic E-state index is 9.00. The van der Waals surface area contributed by atoms with Gasteiger partial charge in [-0.05, 0) is 6.42 Å². The Hall–Kier alpha value is -0.204. The molecule has 1 atom stereocenters. The Balaban J connectivity index is -0.0000000359. The van der Waals surface area contributed by atoms with Crippen LogP contribution >= 0.6 is 0 Å². The number of hydrogen-bond donors (Lipinski definition) is 6. The first kappa shape index (κ1) is 37.2. The number of aliphatic hydroxyl groups is 1. The third kappa shape index (κ3) is 273. The van der Waals surface area contributed by atoms with E-state index in [1.54, 1.807) is 0 Å². The Kier molecular flexibility index (Phi) is 56.6. The molecule has 9 nitrogen and oxygen atoms in total. The molecule has 1 radical (unpaired) electrons. The van der Waals surface area contributed by atoms with E-state index in [9.17, 15) is 0 Å². The quantitative estimate of drug-likeness (QED) is 0.316. The van der Waals surface area contributed by atoms with Gasteiger partial charge in [-0.15, -0.1) is 0 Å². The first-order chi connectivity index (χ1) is 8.50. The Morgan fingerprint density at radius 2 is 1.14 bits per heavy atom. The van der Waals surface area contributed by atoms with E-state index >= 15 is 0 Å². The van der Waals surface area contributed by atoms with Crippen LogP contribution in [0.1, 0.15) is 27.2 Å². The van der Waals surface area contributed by atoms with Crippen molar-refractivity contribution in [2.75, 3.05) is 13.2 Å². The van der Waals surface area contributed by atoms with Crippen LogP contribution in [0.3, 0.4) is 0 Å². The molecule has 0 aromatic carbocycles. The van der Waals surface area contributed by atoms with E-state index < -0.39 is 17.9 Å². The van der Waals surface area contributed by atoms with Crippen LogP contribution in [0.2, 0.25) is 0 Å². The topological polar surface area (TPSA) is 184 Å². The Labute approximate surface area is 156 Å². The average molecular weight is 367 g/mol. The van der Waals surface area contributed by atoms with Gasteiger partial charge in [0.05, 0.1) is 0 Å². The molecule has 8 N–H and O–H groups in total.